The lowest BCUT2D eigenvalue weighted by atomic mass is 10.1. The Morgan fingerprint density at radius 2 is 1.89 bits per heavy atom. The van der Waals surface area contributed by atoms with Crippen LogP contribution in [0.5, 0.6) is 0 Å². The third-order valence-corrected chi connectivity index (χ3v) is 4.08. The first kappa shape index (κ1) is 14.5. The zero-order valence-corrected chi connectivity index (χ0v) is 12.5. The molecule has 1 N–H and O–H groups in total. The average Bonchev–Trinajstić information content (AvgIpc) is 2.43. The fourth-order valence-corrected chi connectivity index (χ4v) is 2.58. The molecule has 0 aromatic heterocycles. The van der Waals surface area contributed by atoms with Crippen molar-refractivity contribution in [1.29, 1.82) is 0 Å². The number of hydrogen-bond acceptors (Lipinski definition) is 2. The molecule has 0 spiro atoms. The quantitative estimate of drug-likeness (QED) is 0.921. The zero-order valence-electron chi connectivity index (χ0n) is 11.0. The van der Waals surface area contributed by atoms with Gasteiger partial charge in [-0.05, 0) is 44.4 Å². The summed E-state index contributed by atoms with van der Waals surface area (Å²) in [5.41, 5.74) is 0.812. The molecule has 1 fully saturated rings. The second kappa shape index (κ2) is 6.49. The van der Waals surface area contributed by atoms with Crippen LogP contribution in [0.3, 0.4) is 0 Å². The number of carbonyl (C=O) groups is 1. The topological polar surface area (TPSA) is 32.3 Å². The maximum atomic E-state index is 12.3. The molecule has 19 heavy (non-hydrogen) atoms. The molecule has 2 rings (SSSR count). The van der Waals surface area contributed by atoms with Crippen LogP contribution in [0.25, 0.3) is 0 Å². The number of benzene rings is 1. The summed E-state index contributed by atoms with van der Waals surface area (Å²) in [4.78, 5) is 14.2. The van der Waals surface area contributed by atoms with Crippen LogP contribution in [0.2, 0.25) is 10.0 Å². The second-order valence-electron chi connectivity index (χ2n) is 4.88. The van der Waals surface area contributed by atoms with Crippen molar-refractivity contribution in [1.82, 2.24) is 4.90 Å². The number of piperidine rings is 1. The van der Waals surface area contributed by atoms with Crippen molar-refractivity contribution >= 4 is 34.8 Å². The SMILES string of the molecule is CC(Nc1ccc(Cl)c(Cl)c1)C(=O)N1CCCCC1. The van der Waals surface area contributed by atoms with Crippen molar-refractivity contribution in [3.8, 4) is 0 Å². The van der Waals surface area contributed by atoms with Gasteiger partial charge in [-0.2, -0.15) is 0 Å². The van der Waals surface area contributed by atoms with E-state index in [0.717, 1.165) is 31.6 Å². The Hall–Kier alpha value is -0.930. The van der Waals surface area contributed by atoms with Crippen LogP contribution in [0.4, 0.5) is 5.69 Å². The number of anilines is 1. The van der Waals surface area contributed by atoms with Crippen molar-refractivity contribution in [3.63, 3.8) is 0 Å². The maximum Gasteiger partial charge on any atom is 0.244 e. The molecule has 1 aromatic rings. The number of carbonyl (C=O) groups excluding carboxylic acids is 1. The third kappa shape index (κ3) is 3.77. The smallest absolute Gasteiger partial charge is 0.244 e. The Balaban J connectivity index is 1.97. The number of nitrogens with one attached hydrogen (secondary N) is 1. The van der Waals surface area contributed by atoms with Crippen LogP contribution in [0.1, 0.15) is 26.2 Å². The molecule has 1 aliphatic heterocycles. The van der Waals surface area contributed by atoms with E-state index in [1.54, 1.807) is 12.1 Å². The van der Waals surface area contributed by atoms with Crippen molar-refractivity contribution < 1.29 is 4.79 Å². The highest BCUT2D eigenvalue weighted by Crippen LogP contribution is 2.25. The molecule has 1 atom stereocenters. The molecule has 1 amide bonds. The predicted molar refractivity (Wildman–Crippen MR) is 80.0 cm³/mol. The number of hydrogen-bond donors (Lipinski definition) is 1. The van der Waals surface area contributed by atoms with Gasteiger partial charge in [-0.25, -0.2) is 0 Å². The highest BCUT2D eigenvalue weighted by molar-refractivity contribution is 6.42. The standard InChI is InChI=1S/C14H18Cl2N2O/c1-10(14(19)18-7-3-2-4-8-18)17-11-5-6-12(15)13(16)9-11/h5-6,9-10,17H,2-4,7-8H2,1H3. The summed E-state index contributed by atoms with van der Waals surface area (Å²) >= 11 is 11.8. The summed E-state index contributed by atoms with van der Waals surface area (Å²) in [7, 11) is 0. The number of rotatable bonds is 3. The normalized spacial score (nSPS) is 17.1. The molecule has 1 aromatic carbocycles. The molecular formula is C14H18Cl2N2O. The van der Waals surface area contributed by atoms with Gasteiger partial charge >= 0.3 is 0 Å². The third-order valence-electron chi connectivity index (χ3n) is 3.34. The molecule has 1 heterocycles. The monoisotopic (exact) mass is 300 g/mol. The molecular weight excluding hydrogens is 283 g/mol. The largest absolute Gasteiger partial charge is 0.374 e. The fourth-order valence-electron chi connectivity index (χ4n) is 2.29. The van der Waals surface area contributed by atoms with Gasteiger partial charge in [0, 0.05) is 18.8 Å². The summed E-state index contributed by atoms with van der Waals surface area (Å²) in [6, 6.07) is 5.04. The summed E-state index contributed by atoms with van der Waals surface area (Å²) in [6.45, 7) is 3.61. The molecule has 5 heteroatoms. The first-order valence-corrected chi connectivity index (χ1v) is 7.34. The van der Waals surface area contributed by atoms with Gasteiger partial charge in [0.2, 0.25) is 5.91 Å². The number of halogens is 2. The van der Waals surface area contributed by atoms with E-state index in [2.05, 4.69) is 5.32 Å². The minimum absolute atomic E-state index is 0.144. The fraction of sp³-hybridized carbons (Fsp3) is 0.500. The van der Waals surface area contributed by atoms with Crippen LogP contribution < -0.4 is 5.32 Å². The van der Waals surface area contributed by atoms with Crippen molar-refractivity contribution in [2.45, 2.75) is 32.2 Å². The Morgan fingerprint density at radius 3 is 2.53 bits per heavy atom. The number of amides is 1. The van der Waals surface area contributed by atoms with Gasteiger partial charge in [-0.15, -0.1) is 0 Å². The average molecular weight is 301 g/mol. The lowest BCUT2D eigenvalue weighted by molar-refractivity contribution is -0.132. The summed E-state index contributed by atoms with van der Waals surface area (Å²) in [5, 5.41) is 4.18. The molecule has 1 unspecified atom stereocenters. The van der Waals surface area contributed by atoms with Crippen molar-refractivity contribution in [2.75, 3.05) is 18.4 Å². The van der Waals surface area contributed by atoms with Gasteiger partial charge in [-0.3, -0.25) is 4.79 Å². The number of likely N-dealkylation sites (tertiary alicyclic amines) is 1. The Morgan fingerprint density at radius 1 is 1.21 bits per heavy atom. The first-order chi connectivity index (χ1) is 9.08. The second-order valence-corrected chi connectivity index (χ2v) is 5.70. The minimum Gasteiger partial charge on any atom is -0.374 e. The van der Waals surface area contributed by atoms with E-state index >= 15 is 0 Å². The van der Waals surface area contributed by atoms with E-state index in [4.69, 9.17) is 23.2 Å². The van der Waals surface area contributed by atoms with Crippen LogP contribution in [0.15, 0.2) is 18.2 Å². The lowest BCUT2D eigenvalue weighted by Crippen LogP contribution is -2.43. The van der Waals surface area contributed by atoms with Crippen LogP contribution in [-0.4, -0.2) is 29.9 Å². The van der Waals surface area contributed by atoms with E-state index < -0.39 is 0 Å². The van der Waals surface area contributed by atoms with Gasteiger partial charge in [-0.1, -0.05) is 23.2 Å². The molecule has 1 saturated heterocycles. The van der Waals surface area contributed by atoms with Crippen molar-refractivity contribution in [2.24, 2.45) is 0 Å². The van der Waals surface area contributed by atoms with E-state index in [1.807, 2.05) is 17.9 Å². The molecule has 0 radical (unpaired) electrons. The zero-order chi connectivity index (χ0) is 13.8. The maximum absolute atomic E-state index is 12.3. The summed E-state index contributed by atoms with van der Waals surface area (Å²) in [6.07, 6.45) is 3.43. The van der Waals surface area contributed by atoms with Crippen LogP contribution in [0, 0.1) is 0 Å². The Bertz CT molecular complexity index is 459. The van der Waals surface area contributed by atoms with E-state index in [-0.39, 0.29) is 11.9 Å². The molecule has 0 bridgehead atoms. The lowest BCUT2D eigenvalue weighted by Gasteiger charge is -2.29. The molecule has 0 aliphatic carbocycles. The first-order valence-electron chi connectivity index (χ1n) is 6.58. The van der Waals surface area contributed by atoms with Crippen LogP contribution >= 0.6 is 23.2 Å². The van der Waals surface area contributed by atoms with E-state index in [9.17, 15) is 4.79 Å². The Labute approximate surface area is 123 Å². The summed E-state index contributed by atoms with van der Waals surface area (Å²) in [5.74, 6) is 0.144. The molecule has 1 aliphatic rings. The van der Waals surface area contributed by atoms with Gasteiger partial charge in [0.25, 0.3) is 0 Å². The molecule has 3 nitrogen and oxygen atoms in total. The van der Waals surface area contributed by atoms with Gasteiger partial charge in [0.1, 0.15) is 6.04 Å². The molecule has 104 valence electrons. The van der Waals surface area contributed by atoms with Gasteiger partial charge in [0.05, 0.1) is 10.0 Å². The number of nitrogens with zero attached hydrogens (tertiary/aromatic N) is 1. The van der Waals surface area contributed by atoms with Crippen LogP contribution in [-0.2, 0) is 4.79 Å². The van der Waals surface area contributed by atoms with Gasteiger partial charge < -0.3 is 10.2 Å². The minimum atomic E-state index is -0.254. The molecule has 0 saturated carbocycles. The van der Waals surface area contributed by atoms with E-state index in [1.165, 1.54) is 6.42 Å². The predicted octanol–water partition coefficient (Wildman–Crippen LogP) is 3.81. The van der Waals surface area contributed by atoms with Crippen molar-refractivity contribution in [3.05, 3.63) is 28.2 Å². The summed E-state index contributed by atoms with van der Waals surface area (Å²) < 4.78 is 0. The van der Waals surface area contributed by atoms with Gasteiger partial charge in [0.15, 0.2) is 0 Å². The highest BCUT2D eigenvalue weighted by atomic mass is 35.5. The highest BCUT2D eigenvalue weighted by Gasteiger charge is 2.21. The Kier molecular flexibility index (Phi) is 4.94. The van der Waals surface area contributed by atoms with E-state index in [0.29, 0.717) is 10.0 Å².